The number of carbonyl (C=O) groups is 1. The van der Waals surface area contributed by atoms with Gasteiger partial charge in [-0.25, -0.2) is 0 Å². The highest BCUT2D eigenvalue weighted by atomic mass is 16.5. The molecule has 4 nitrogen and oxygen atoms in total. The van der Waals surface area contributed by atoms with Crippen molar-refractivity contribution in [2.24, 2.45) is 5.73 Å². The number of nitrogens with two attached hydrogens (primary N) is 1. The Labute approximate surface area is 108 Å². The molecular weight excluding hydrogens is 228 g/mol. The maximum absolute atomic E-state index is 12.0. The minimum Gasteiger partial charge on any atom is -0.497 e. The second-order valence-electron chi connectivity index (χ2n) is 4.98. The number of carbonyl (C=O) groups excluding carboxylic acids is 1. The van der Waals surface area contributed by atoms with Crippen LogP contribution in [0.15, 0.2) is 24.3 Å². The quantitative estimate of drug-likeness (QED) is 0.853. The second kappa shape index (κ2) is 4.98. The van der Waals surface area contributed by atoms with Crippen molar-refractivity contribution in [3.8, 4) is 5.75 Å². The summed E-state index contributed by atoms with van der Waals surface area (Å²) in [5, 5.41) is 2.97. The molecule has 4 heteroatoms. The van der Waals surface area contributed by atoms with Crippen LogP contribution in [0.5, 0.6) is 5.75 Å². The van der Waals surface area contributed by atoms with Gasteiger partial charge in [-0.1, -0.05) is 12.1 Å². The molecule has 1 saturated carbocycles. The molecule has 0 saturated heterocycles. The van der Waals surface area contributed by atoms with Crippen LogP contribution in [0.3, 0.4) is 0 Å². The minimum atomic E-state index is -0.638. The lowest BCUT2D eigenvalue weighted by molar-refractivity contribution is -0.129. The van der Waals surface area contributed by atoms with E-state index in [1.54, 1.807) is 7.11 Å². The molecule has 1 aliphatic rings. The van der Waals surface area contributed by atoms with E-state index in [4.69, 9.17) is 10.5 Å². The molecule has 3 N–H and O–H groups in total. The van der Waals surface area contributed by atoms with Crippen LogP contribution in [0.4, 0.5) is 0 Å². The highest BCUT2D eigenvalue weighted by Gasteiger charge is 2.40. The van der Waals surface area contributed by atoms with Crippen LogP contribution in [0.1, 0.15) is 37.8 Å². The van der Waals surface area contributed by atoms with Gasteiger partial charge in [0.25, 0.3) is 0 Å². The Morgan fingerprint density at radius 1 is 1.39 bits per heavy atom. The number of methoxy groups -OCH3 is 1. The van der Waals surface area contributed by atoms with E-state index in [1.165, 1.54) is 0 Å². The standard InChI is InChI=1S/C14H20N2O2/c1-10(11-4-6-12(18-2)7-5-11)16-13(17)14(15)8-3-9-14/h4-7,10H,3,8-9,15H2,1-2H3,(H,16,17)/t10-/m0/s1. The summed E-state index contributed by atoms with van der Waals surface area (Å²) in [5.41, 5.74) is 6.40. The summed E-state index contributed by atoms with van der Waals surface area (Å²) in [5.74, 6) is 0.767. The lowest BCUT2D eigenvalue weighted by Crippen LogP contribution is -2.58. The highest BCUT2D eigenvalue weighted by molar-refractivity contribution is 5.87. The second-order valence-corrected chi connectivity index (χ2v) is 4.98. The fourth-order valence-corrected chi connectivity index (χ4v) is 2.10. The molecule has 1 amide bonds. The van der Waals surface area contributed by atoms with E-state index < -0.39 is 5.54 Å². The summed E-state index contributed by atoms with van der Waals surface area (Å²) < 4.78 is 5.10. The molecule has 0 radical (unpaired) electrons. The molecule has 1 aromatic carbocycles. The number of benzene rings is 1. The number of hydrogen-bond donors (Lipinski definition) is 2. The van der Waals surface area contributed by atoms with Gasteiger partial charge in [-0.2, -0.15) is 0 Å². The van der Waals surface area contributed by atoms with Crippen molar-refractivity contribution in [3.05, 3.63) is 29.8 Å². The lowest BCUT2D eigenvalue weighted by atomic mass is 9.77. The van der Waals surface area contributed by atoms with Gasteiger partial charge in [-0.3, -0.25) is 4.79 Å². The van der Waals surface area contributed by atoms with Gasteiger partial charge < -0.3 is 15.8 Å². The summed E-state index contributed by atoms with van der Waals surface area (Å²) >= 11 is 0. The van der Waals surface area contributed by atoms with Gasteiger partial charge in [-0.05, 0) is 43.9 Å². The van der Waals surface area contributed by atoms with E-state index >= 15 is 0 Å². The maximum atomic E-state index is 12.0. The largest absolute Gasteiger partial charge is 0.497 e. The first kappa shape index (κ1) is 12.9. The van der Waals surface area contributed by atoms with Crippen molar-refractivity contribution in [3.63, 3.8) is 0 Å². The van der Waals surface area contributed by atoms with E-state index in [9.17, 15) is 4.79 Å². The molecule has 2 rings (SSSR count). The third kappa shape index (κ3) is 2.48. The maximum Gasteiger partial charge on any atom is 0.240 e. The van der Waals surface area contributed by atoms with E-state index in [0.717, 1.165) is 30.6 Å². The van der Waals surface area contributed by atoms with Crippen molar-refractivity contribution in [1.82, 2.24) is 5.32 Å². The summed E-state index contributed by atoms with van der Waals surface area (Å²) in [7, 11) is 1.63. The zero-order valence-corrected chi connectivity index (χ0v) is 10.9. The van der Waals surface area contributed by atoms with Gasteiger partial charge in [0.05, 0.1) is 18.7 Å². The Morgan fingerprint density at radius 3 is 2.44 bits per heavy atom. The molecule has 0 spiro atoms. The Kier molecular flexibility index (Phi) is 3.57. The van der Waals surface area contributed by atoms with Crippen LogP contribution < -0.4 is 15.8 Å². The SMILES string of the molecule is COc1ccc([C@H](C)NC(=O)C2(N)CCC2)cc1. The van der Waals surface area contributed by atoms with E-state index in [-0.39, 0.29) is 11.9 Å². The first-order valence-electron chi connectivity index (χ1n) is 6.29. The molecule has 0 aromatic heterocycles. The number of amides is 1. The van der Waals surface area contributed by atoms with Crippen LogP contribution in [0.2, 0.25) is 0 Å². The van der Waals surface area contributed by atoms with Gasteiger partial charge in [0.1, 0.15) is 5.75 Å². The highest BCUT2D eigenvalue weighted by Crippen LogP contribution is 2.30. The topological polar surface area (TPSA) is 64.3 Å². The Balaban J connectivity index is 1.98. The van der Waals surface area contributed by atoms with Gasteiger partial charge in [-0.15, -0.1) is 0 Å². The average molecular weight is 248 g/mol. The third-order valence-electron chi connectivity index (χ3n) is 3.66. The van der Waals surface area contributed by atoms with E-state index in [0.29, 0.717) is 0 Å². The summed E-state index contributed by atoms with van der Waals surface area (Å²) in [6.45, 7) is 1.96. The van der Waals surface area contributed by atoms with Crippen molar-refractivity contribution in [1.29, 1.82) is 0 Å². The van der Waals surface area contributed by atoms with Crippen LogP contribution >= 0.6 is 0 Å². The summed E-state index contributed by atoms with van der Waals surface area (Å²) in [6.07, 6.45) is 2.61. The van der Waals surface area contributed by atoms with Crippen molar-refractivity contribution in [2.45, 2.75) is 37.8 Å². The Morgan fingerprint density at radius 2 is 2.00 bits per heavy atom. The van der Waals surface area contributed by atoms with Crippen molar-refractivity contribution >= 4 is 5.91 Å². The van der Waals surface area contributed by atoms with E-state index in [1.807, 2.05) is 31.2 Å². The number of rotatable bonds is 4. The molecule has 1 aromatic rings. The average Bonchev–Trinajstić information content (AvgIpc) is 2.35. The molecule has 0 unspecified atom stereocenters. The minimum absolute atomic E-state index is 0.0376. The fraction of sp³-hybridized carbons (Fsp3) is 0.500. The molecular formula is C14H20N2O2. The number of hydrogen-bond acceptors (Lipinski definition) is 3. The van der Waals surface area contributed by atoms with Crippen LogP contribution in [0.25, 0.3) is 0 Å². The molecule has 1 aliphatic carbocycles. The number of nitrogens with one attached hydrogen (secondary N) is 1. The zero-order chi connectivity index (χ0) is 13.2. The molecule has 1 fully saturated rings. The molecule has 1 atom stereocenters. The Hall–Kier alpha value is -1.55. The summed E-state index contributed by atoms with van der Waals surface area (Å²) in [6, 6.07) is 7.64. The van der Waals surface area contributed by atoms with Crippen LogP contribution in [-0.4, -0.2) is 18.6 Å². The first-order valence-corrected chi connectivity index (χ1v) is 6.29. The van der Waals surface area contributed by atoms with Gasteiger partial charge in [0.15, 0.2) is 0 Å². The van der Waals surface area contributed by atoms with Gasteiger partial charge in [0.2, 0.25) is 5.91 Å². The van der Waals surface area contributed by atoms with Crippen molar-refractivity contribution < 1.29 is 9.53 Å². The molecule has 0 aliphatic heterocycles. The first-order chi connectivity index (χ1) is 8.55. The van der Waals surface area contributed by atoms with Gasteiger partial charge in [0, 0.05) is 0 Å². The normalized spacial score (nSPS) is 18.6. The molecule has 18 heavy (non-hydrogen) atoms. The Bertz CT molecular complexity index is 424. The molecule has 98 valence electrons. The zero-order valence-electron chi connectivity index (χ0n) is 10.9. The number of ether oxygens (including phenoxy) is 1. The smallest absolute Gasteiger partial charge is 0.240 e. The monoisotopic (exact) mass is 248 g/mol. The van der Waals surface area contributed by atoms with Crippen LogP contribution in [0, 0.1) is 0 Å². The molecule has 0 heterocycles. The van der Waals surface area contributed by atoms with E-state index in [2.05, 4.69) is 5.32 Å². The predicted octanol–water partition coefficient (Wildman–Crippen LogP) is 1.75. The summed E-state index contributed by atoms with van der Waals surface area (Å²) in [4.78, 5) is 12.0. The van der Waals surface area contributed by atoms with Crippen molar-refractivity contribution in [2.75, 3.05) is 7.11 Å². The van der Waals surface area contributed by atoms with Crippen LogP contribution in [-0.2, 0) is 4.79 Å². The van der Waals surface area contributed by atoms with Gasteiger partial charge >= 0.3 is 0 Å². The molecule has 0 bridgehead atoms. The lowest BCUT2D eigenvalue weighted by Gasteiger charge is -2.37. The predicted molar refractivity (Wildman–Crippen MR) is 70.3 cm³/mol. The fourth-order valence-electron chi connectivity index (χ4n) is 2.10. The third-order valence-corrected chi connectivity index (χ3v) is 3.66.